The fourth-order valence-corrected chi connectivity index (χ4v) is 2.57. The average molecular weight is 254 g/mol. The van der Waals surface area contributed by atoms with Crippen LogP contribution in [-0.2, 0) is 17.7 Å². The van der Waals surface area contributed by atoms with E-state index >= 15 is 0 Å². The molecule has 1 atom stereocenters. The van der Waals surface area contributed by atoms with E-state index in [-0.39, 0.29) is 0 Å². The molecule has 0 bridgehead atoms. The number of aliphatic hydroxyl groups is 1. The maximum absolute atomic E-state index is 10.5. The number of hydrogen-bond acceptors (Lipinski definition) is 3. The van der Waals surface area contributed by atoms with Crippen molar-refractivity contribution in [2.75, 3.05) is 7.11 Å². The predicted molar refractivity (Wildman–Crippen MR) is 72.7 cm³/mol. The molecular formula is C14H26N2O2. The van der Waals surface area contributed by atoms with Crippen molar-refractivity contribution >= 4 is 0 Å². The van der Waals surface area contributed by atoms with Crippen LogP contribution in [0.25, 0.3) is 0 Å². The van der Waals surface area contributed by atoms with Crippen LogP contribution in [0.4, 0.5) is 0 Å². The summed E-state index contributed by atoms with van der Waals surface area (Å²) in [5.74, 6) is 0. The van der Waals surface area contributed by atoms with Crippen molar-refractivity contribution < 1.29 is 9.84 Å². The van der Waals surface area contributed by atoms with Gasteiger partial charge in [-0.2, -0.15) is 5.10 Å². The number of aryl methyl sites for hydroxylation is 2. The highest BCUT2D eigenvalue weighted by molar-refractivity contribution is 5.11. The molecule has 1 unspecified atom stereocenters. The minimum absolute atomic E-state index is 0.448. The molecule has 1 N–H and O–H groups in total. The van der Waals surface area contributed by atoms with Gasteiger partial charge in [0.1, 0.15) is 0 Å². The first kappa shape index (κ1) is 15.2. The van der Waals surface area contributed by atoms with Crippen molar-refractivity contribution in [3.8, 4) is 0 Å². The molecule has 18 heavy (non-hydrogen) atoms. The van der Waals surface area contributed by atoms with Crippen LogP contribution in [-0.4, -0.2) is 33.7 Å². The first-order chi connectivity index (χ1) is 8.52. The average Bonchev–Trinajstić information content (AvgIpc) is 2.72. The first-order valence-corrected chi connectivity index (χ1v) is 6.79. The number of nitrogens with zero attached hydrogens (tertiary/aromatic N) is 2. The third-order valence-corrected chi connectivity index (χ3v) is 3.90. The molecule has 0 spiro atoms. The molecule has 0 saturated heterocycles. The lowest BCUT2D eigenvalue weighted by molar-refractivity contribution is -0.107. The van der Waals surface area contributed by atoms with E-state index in [9.17, 15) is 5.11 Å². The lowest BCUT2D eigenvalue weighted by Gasteiger charge is -2.35. The summed E-state index contributed by atoms with van der Waals surface area (Å²) in [6.45, 7) is 8.97. The van der Waals surface area contributed by atoms with Crippen molar-refractivity contribution in [3.05, 3.63) is 17.5 Å². The summed E-state index contributed by atoms with van der Waals surface area (Å²) in [4.78, 5) is 0. The zero-order valence-corrected chi connectivity index (χ0v) is 12.2. The standard InChI is InChI=1S/C14H26N2O2/c1-6-14(7-2,18-5)13(17)10-12-9-11(4)15-16(12)8-3/h9,13,17H,6-8,10H2,1-5H3. The van der Waals surface area contributed by atoms with Gasteiger partial charge in [0, 0.05) is 25.8 Å². The van der Waals surface area contributed by atoms with Gasteiger partial charge in [0.15, 0.2) is 0 Å². The molecule has 104 valence electrons. The van der Waals surface area contributed by atoms with Crippen LogP contribution < -0.4 is 0 Å². The molecule has 0 aliphatic carbocycles. The van der Waals surface area contributed by atoms with Crippen molar-refractivity contribution in [3.63, 3.8) is 0 Å². The highest BCUT2D eigenvalue weighted by atomic mass is 16.5. The summed E-state index contributed by atoms with van der Waals surface area (Å²) < 4.78 is 7.52. The molecule has 0 amide bonds. The van der Waals surface area contributed by atoms with E-state index in [1.54, 1.807) is 7.11 Å². The Morgan fingerprint density at radius 2 is 2.00 bits per heavy atom. The molecule has 0 radical (unpaired) electrons. The summed E-state index contributed by atoms with van der Waals surface area (Å²) in [5.41, 5.74) is 1.62. The predicted octanol–water partition coefficient (Wildman–Crippen LogP) is 2.32. The number of aliphatic hydroxyl groups excluding tert-OH is 1. The fraction of sp³-hybridized carbons (Fsp3) is 0.786. The maximum Gasteiger partial charge on any atom is 0.0935 e. The van der Waals surface area contributed by atoms with E-state index in [0.29, 0.717) is 6.42 Å². The van der Waals surface area contributed by atoms with Crippen LogP contribution in [0.1, 0.15) is 45.0 Å². The molecule has 4 nitrogen and oxygen atoms in total. The molecular weight excluding hydrogens is 228 g/mol. The van der Waals surface area contributed by atoms with E-state index in [1.807, 2.05) is 17.7 Å². The Kier molecular flexibility index (Phi) is 5.35. The SMILES string of the molecule is CCn1nc(C)cc1CC(O)C(CC)(CC)OC. The molecule has 0 aliphatic rings. The van der Waals surface area contributed by atoms with Crippen molar-refractivity contribution in [1.82, 2.24) is 9.78 Å². The van der Waals surface area contributed by atoms with Crippen molar-refractivity contribution in [2.24, 2.45) is 0 Å². The van der Waals surface area contributed by atoms with Gasteiger partial charge >= 0.3 is 0 Å². The third kappa shape index (κ3) is 2.93. The van der Waals surface area contributed by atoms with Gasteiger partial charge in [-0.1, -0.05) is 13.8 Å². The number of ether oxygens (including phenoxy) is 1. The Labute approximate surface area is 110 Å². The van der Waals surface area contributed by atoms with E-state index < -0.39 is 11.7 Å². The van der Waals surface area contributed by atoms with Gasteiger partial charge in [-0.25, -0.2) is 0 Å². The quantitative estimate of drug-likeness (QED) is 0.812. The van der Waals surface area contributed by atoms with Gasteiger partial charge in [0.2, 0.25) is 0 Å². The lowest BCUT2D eigenvalue weighted by atomic mass is 9.87. The molecule has 1 aromatic heterocycles. The summed E-state index contributed by atoms with van der Waals surface area (Å²) in [6.07, 6.45) is 1.70. The van der Waals surface area contributed by atoms with Crippen molar-refractivity contribution in [2.45, 2.75) is 65.2 Å². The van der Waals surface area contributed by atoms with E-state index in [4.69, 9.17) is 4.74 Å². The Morgan fingerprint density at radius 3 is 2.44 bits per heavy atom. The van der Waals surface area contributed by atoms with Gasteiger partial charge in [-0.15, -0.1) is 0 Å². The third-order valence-electron chi connectivity index (χ3n) is 3.90. The highest BCUT2D eigenvalue weighted by Crippen LogP contribution is 2.26. The van der Waals surface area contributed by atoms with E-state index in [2.05, 4.69) is 25.9 Å². The topological polar surface area (TPSA) is 47.3 Å². The molecule has 0 aromatic carbocycles. The molecule has 0 saturated carbocycles. The van der Waals surface area contributed by atoms with Gasteiger partial charge in [0.05, 0.1) is 17.4 Å². The second kappa shape index (κ2) is 6.34. The minimum atomic E-state index is -0.501. The number of hydrogen-bond donors (Lipinski definition) is 1. The molecule has 0 fully saturated rings. The molecule has 0 aliphatic heterocycles. The summed E-state index contributed by atoms with van der Waals surface area (Å²) in [5, 5.41) is 14.9. The molecule has 1 rings (SSSR count). The van der Waals surface area contributed by atoms with Crippen molar-refractivity contribution in [1.29, 1.82) is 0 Å². The second-order valence-corrected chi connectivity index (χ2v) is 4.79. The second-order valence-electron chi connectivity index (χ2n) is 4.79. The van der Waals surface area contributed by atoms with Gasteiger partial charge in [-0.05, 0) is 32.8 Å². The van der Waals surface area contributed by atoms with Gasteiger partial charge < -0.3 is 9.84 Å². The summed E-state index contributed by atoms with van der Waals surface area (Å²) >= 11 is 0. The molecule has 1 heterocycles. The Morgan fingerprint density at radius 1 is 1.39 bits per heavy atom. The lowest BCUT2D eigenvalue weighted by Crippen LogP contribution is -2.44. The normalized spacial score (nSPS) is 13.9. The van der Waals surface area contributed by atoms with Crippen LogP contribution in [0.15, 0.2) is 6.07 Å². The number of rotatable bonds is 7. The summed E-state index contributed by atoms with van der Waals surface area (Å²) in [6, 6.07) is 2.04. The van der Waals surface area contributed by atoms with Gasteiger partial charge in [-0.3, -0.25) is 4.68 Å². The fourth-order valence-electron chi connectivity index (χ4n) is 2.57. The smallest absolute Gasteiger partial charge is 0.0935 e. The van der Waals surface area contributed by atoms with E-state index in [1.165, 1.54) is 0 Å². The van der Waals surface area contributed by atoms with Gasteiger partial charge in [0.25, 0.3) is 0 Å². The Bertz CT molecular complexity index is 362. The first-order valence-electron chi connectivity index (χ1n) is 6.79. The largest absolute Gasteiger partial charge is 0.390 e. The number of methoxy groups -OCH3 is 1. The van der Waals surface area contributed by atoms with E-state index in [0.717, 1.165) is 30.8 Å². The monoisotopic (exact) mass is 254 g/mol. The Balaban J connectivity index is 2.88. The molecule has 1 aromatic rings. The molecule has 4 heteroatoms. The zero-order valence-electron chi connectivity index (χ0n) is 12.2. The van der Waals surface area contributed by atoms with Crippen LogP contribution in [0.3, 0.4) is 0 Å². The van der Waals surface area contributed by atoms with Crippen LogP contribution in [0.2, 0.25) is 0 Å². The maximum atomic E-state index is 10.5. The highest BCUT2D eigenvalue weighted by Gasteiger charge is 2.35. The Hall–Kier alpha value is -0.870. The van der Waals surface area contributed by atoms with Crippen LogP contribution in [0.5, 0.6) is 0 Å². The zero-order chi connectivity index (χ0) is 13.8. The van der Waals surface area contributed by atoms with Crippen LogP contribution >= 0.6 is 0 Å². The minimum Gasteiger partial charge on any atom is -0.390 e. The number of aromatic nitrogens is 2. The van der Waals surface area contributed by atoms with Crippen LogP contribution in [0, 0.1) is 6.92 Å². The summed E-state index contributed by atoms with van der Waals surface area (Å²) in [7, 11) is 1.68.